The van der Waals surface area contributed by atoms with E-state index in [0.717, 1.165) is 11.1 Å². The number of nitrogens with one attached hydrogen (secondary N) is 1. The Labute approximate surface area is 225 Å². The number of nitrogens with zero attached hydrogens (tertiary/aromatic N) is 1. The van der Waals surface area contributed by atoms with Crippen molar-refractivity contribution in [3.63, 3.8) is 0 Å². The molecule has 0 heterocycles. The van der Waals surface area contributed by atoms with E-state index < -0.39 is 5.91 Å². The van der Waals surface area contributed by atoms with Crippen LogP contribution in [0.15, 0.2) is 70.7 Å². The average Bonchev–Trinajstić information content (AvgIpc) is 2.84. The number of rotatable bonds is 8. The molecule has 0 aliphatic carbocycles. The number of halogens is 2. The van der Waals surface area contributed by atoms with Crippen LogP contribution in [-0.4, -0.2) is 12.5 Å². The van der Waals surface area contributed by atoms with Crippen molar-refractivity contribution in [3.8, 4) is 17.6 Å². The summed E-state index contributed by atoms with van der Waals surface area (Å²) in [6.45, 7) is 9.01. The SMILES string of the molecule is CCOc1cc(/C=C(\C#N)C(=O)Nc2ccc(C(C)(C)C)cc2)c(Br)cc1OCc1ccc(Cl)cc1. The van der Waals surface area contributed by atoms with E-state index in [9.17, 15) is 10.1 Å². The maximum Gasteiger partial charge on any atom is 0.266 e. The lowest BCUT2D eigenvalue weighted by atomic mass is 9.87. The smallest absolute Gasteiger partial charge is 0.266 e. The number of amides is 1. The second-order valence-electron chi connectivity index (χ2n) is 9.12. The van der Waals surface area contributed by atoms with Gasteiger partial charge in [0.2, 0.25) is 0 Å². The molecule has 0 spiro atoms. The van der Waals surface area contributed by atoms with Crippen LogP contribution in [0.2, 0.25) is 5.02 Å². The summed E-state index contributed by atoms with van der Waals surface area (Å²) >= 11 is 9.48. The van der Waals surface area contributed by atoms with E-state index in [1.807, 2.05) is 49.4 Å². The van der Waals surface area contributed by atoms with Crippen LogP contribution in [-0.2, 0) is 16.8 Å². The number of hydrogen-bond acceptors (Lipinski definition) is 4. The summed E-state index contributed by atoms with van der Waals surface area (Å²) in [4.78, 5) is 12.8. The second-order valence-corrected chi connectivity index (χ2v) is 10.4. The summed E-state index contributed by atoms with van der Waals surface area (Å²) in [7, 11) is 0. The van der Waals surface area contributed by atoms with Gasteiger partial charge in [0.15, 0.2) is 11.5 Å². The second kappa shape index (κ2) is 12.1. The maximum atomic E-state index is 12.8. The molecule has 0 bridgehead atoms. The lowest BCUT2D eigenvalue weighted by Gasteiger charge is -2.19. The molecule has 0 aliphatic heterocycles. The van der Waals surface area contributed by atoms with Gasteiger partial charge >= 0.3 is 0 Å². The molecule has 7 heteroatoms. The number of benzene rings is 3. The normalized spacial score (nSPS) is 11.5. The van der Waals surface area contributed by atoms with Gasteiger partial charge in [0.1, 0.15) is 18.2 Å². The van der Waals surface area contributed by atoms with Gasteiger partial charge in [0.05, 0.1) is 6.61 Å². The molecule has 0 atom stereocenters. The molecule has 0 aliphatic rings. The minimum Gasteiger partial charge on any atom is -0.490 e. The summed E-state index contributed by atoms with van der Waals surface area (Å²) in [5, 5.41) is 13.1. The fourth-order valence-corrected chi connectivity index (χ4v) is 3.90. The van der Waals surface area contributed by atoms with Crippen LogP contribution in [0.1, 0.15) is 44.4 Å². The Morgan fingerprint density at radius 2 is 1.69 bits per heavy atom. The van der Waals surface area contributed by atoms with Crippen LogP contribution >= 0.6 is 27.5 Å². The van der Waals surface area contributed by atoms with Crippen molar-refractivity contribution < 1.29 is 14.3 Å². The van der Waals surface area contributed by atoms with E-state index in [1.54, 1.807) is 24.3 Å². The van der Waals surface area contributed by atoms with Gasteiger partial charge in [-0.3, -0.25) is 4.79 Å². The molecule has 186 valence electrons. The first kappa shape index (κ1) is 27.3. The first-order valence-corrected chi connectivity index (χ1v) is 12.6. The number of carbonyl (C=O) groups is 1. The minimum atomic E-state index is -0.492. The highest BCUT2D eigenvalue weighted by Gasteiger charge is 2.16. The quantitative estimate of drug-likeness (QED) is 0.222. The van der Waals surface area contributed by atoms with Crippen molar-refractivity contribution in [2.24, 2.45) is 0 Å². The predicted octanol–water partition coefficient (Wildman–Crippen LogP) is 7.92. The predicted molar refractivity (Wildman–Crippen MR) is 148 cm³/mol. The van der Waals surface area contributed by atoms with Gasteiger partial charge in [-0.05, 0) is 71.5 Å². The Hall–Kier alpha value is -3.27. The highest BCUT2D eigenvalue weighted by molar-refractivity contribution is 9.10. The summed E-state index contributed by atoms with van der Waals surface area (Å²) in [5.41, 5.74) is 3.33. The first-order valence-electron chi connectivity index (χ1n) is 11.5. The number of ether oxygens (including phenoxy) is 2. The van der Waals surface area contributed by atoms with Gasteiger partial charge in [-0.2, -0.15) is 5.26 Å². The van der Waals surface area contributed by atoms with Crippen LogP contribution in [0, 0.1) is 11.3 Å². The molecule has 0 saturated heterocycles. The third-order valence-electron chi connectivity index (χ3n) is 5.34. The van der Waals surface area contributed by atoms with Gasteiger partial charge in [0.25, 0.3) is 5.91 Å². The highest BCUT2D eigenvalue weighted by atomic mass is 79.9. The van der Waals surface area contributed by atoms with Crippen molar-refractivity contribution in [2.75, 3.05) is 11.9 Å². The fourth-order valence-electron chi connectivity index (χ4n) is 3.34. The summed E-state index contributed by atoms with van der Waals surface area (Å²) in [6, 6.07) is 20.5. The lowest BCUT2D eigenvalue weighted by molar-refractivity contribution is -0.112. The highest BCUT2D eigenvalue weighted by Crippen LogP contribution is 2.35. The van der Waals surface area contributed by atoms with E-state index in [4.69, 9.17) is 21.1 Å². The summed E-state index contributed by atoms with van der Waals surface area (Å²) < 4.78 is 12.4. The standard InChI is InChI=1S/C29H28BrClN2O3/c1-5-35-26-15-20(25(30)16-27(26)36-18-19-6-10-23(31)11-7-19)14-21(17-32)28(34)33-24-12-8-22(9-13-24)29(2,3)4/h6-16H,5,18H2,1-4H3,(H,33,34)/b21-14+. The molecule has 1 amide bonds. The molecular weight excluding hydrogens is 540 g/mol. The van der Waals surface area contributed by atoms with Crippen LogP contribution in [0.25, 0.3) is 6.08 Å². The molecule has 3 rings (SSSR count). The Kier molecular flexibility index (Phi) is 9.19. The molecule has 0 unspecified atom stereocenters. The van der Waals surface area contributed by atoms with Gasteiger partial charge in [-0.15, -0.1) is 0 Å². The molecule has 1 N–H and O–H groups in total. The van der Waals surface area contributed by atoms with Crippen molar-refractivity contribution in [1.29, 1.82) is 5.26 Å². The molecule has 0 aromatic heterocycles. The van der Waals surface area contributed by atoms with Gasteiger partial charge in [-0.1, -0.05) is 72.6 Å². The fraction of sp³-hybridized carbons (Fsp3) is 0.241. The van der Waals surface area contributed by atoms with Crippen LogP contribution in [0.4, 0.5) is 5.69 Å². The largest absolute Gasteiger partial charge is 0.490 e. The monoisotopic (exact) mass is 566 g/mol. The zero-order chi connectivity index (χ0) is 26.3. The van der Waals surface area contributed by atoms with Crippen LogP contribution in [0.5, 0.6) is 11.5 Å². The van der Waals surface area contributed by atoms with E-state index in [-0.39, 0.29) is 11.0 Å². The lowest BCUT2D eigenvalue weighted by Crippen LogP contribution is -2.14. The molecule has 36 heavy (non-hydrogen) atoms. The molecule has 3 aromatic rings. The molecule has 5 nitrogen and oxygen atoms in total. The zero-order valence-corrected chi connectivity index (χ0v) is 23.0. The third-order valence-corrected chi connectivity index (χ3v) is 6.28. The average molecular weight is 568 g/mol. The molecule has 0 radical (unpaired) electrons. The maximum absolute atomic E-state index is 12.8. The third kappa shape index (κ3) is 7.36. The number of hydrogen-bond donors (Lipinski definition) is 1. The zero-order valence-electron chi connectivity index (χ0n) is 20.7. The Bertz CT molecular complexity index is 1290. The summed E-state index contributed by atoms with van der Waals surface area (Å²) in [6.07, 6.45) is 1.52. The van der Waals surface area contributed by atoms with Crippen molar-refractivity contribution >= 4 is 45.2 Å². The molecule has 3 aromatic carbocycles. The van der Waals surface area contributed by atoms with E-state index in [1.165, 1.54) is 6.08 Å². The summed E-state index contributed by atoms with van der Waals surface area (Å²) in [5.74, 6) is 0.558. The van der Waals surface area contributed by atoms with Gasteiger partial charge in [0, 0.05) is 15.2 Å². The van der Waals surface area contributed by atoms with Crippen LogP contribution < -0.4 is 14.8 Å². The minimum absolute atomic E-state index is 0.00942. The van der Waals surface area contributed by atoms with Gasteiger partial charge in [-0.25, -0.2) is 0 Å². The van der Waals surface area contributed by atoms with Crippen LogP contribution in [0.3, 0.4) is 0 Å². The van der Waals surface area contributed by atoms with E-state index in [0.29, 0.717) is 45.5 Å². The Morgan fingerprint density at radius 3 is 2.28 bits per heavy atom. The van der Waals surface area contributed by atoms with Crippen molar-refractivity contribution in [1.82, 2.24) is 0 Å². The van der Waals surface area contributed by atoms with E-state index >= 15 is 0 Å². The van der Waals surface area contributed by atoms with Gasteiger partial charge < -0.3 is 14.8 Å². The molecule has 0 fully saturated rings. The Morgan fingerprint density at radius 1 is 1.06 bits per heavy atom. The van der Waals surface area contributed by atoms with Crippen molar-refractivity contribution in [2.45, 2.75) is 39.7 Å². The first-order chi connectivity index (χ1) is 17.1. The molecular formula is C29H28BrClN2O3. The number of carbonyl (C=O) groups excluding carboxylic acids is 1. The topological polar surface area (TPSA) is 71.3 Å². The number of nitriles is 1. The van der Waals surface area contributed by atoms with E-state index in [2.05, 4.69) is 42.0 Å². The Balaban J connectivity index is 1.81. The molecule has 0 saturated carbocycles. The number of anilines is 1. The van der Waals surface area contributed by atoms with Crippen molar-refractivity contribution in [3.05, 3.63) is 92.4 Å².